The molecule has 2 heterocycles. The highest BCUT2D eigenvalue weighted by Gasteiger charge is 2.28. The predicted octanol–water partition coefficient (Wildman–Crippen LogP) is 4.30. The summed E-state index contributed by atoms with van der Waals surface area (Å²) in [6.07, 6.45) is 2.36. The van der Waals surface area contributed by atoms with Crippen molar-refractivity contribution >= 4 is 17.5 Å². The van der Waals surface area contributed by atoms with Gasteiger partial charge in [-0.1, -0.05) is 30.0 Å². The number of thioether (sulfide) groups is 1. The number of Topliss-reactive ketones (excluding diaryl/α,β-unsaturated/α-hetero) is 1. The van der Waals surface area contributed by atoms with Gasteiger partial charge in [0.05, 0.1) is 5.75 Å². The van der Waals surface area contributed by atoms with E-state index < -0.39 is 0 Å². The fourth-order valence-electron chi connectivity index (χ4n) is 3.43. The van der Waals surface area contributed by atoms with Gasteiger partial charge in [-0.25, -0.2) is 0 Å². The molecule has 2 aromatic heterocycles. The van der Waals surface area contributed by atoms with Crippen LogP contribution in [0.4, 0.5) is 0 Å². The third-order valence-electron chi connectivity index (χ3n) is 4.83. The van der Waals surface area contributed by atoms with E-state index in [1.54, 1.807) is 0 Å². The largest absolute Gasteiger partial charge is 0.318 e. The van der Waals surface area contributed by atoms with Crippen LogP contribution in [0.2, 0.25) is 0 Å². The van der Waals surface area contributed by atoms with E-state index in [0.29, 0.717) is 11.8 Å². The monoisotopic (exact) mass is 366 g/mol. The molecule has 5 nitrogen and oxygen atoms in total. The van der Waals surface area contributed by atoms with Gasteiger partial charge in [0.15, 0.2) is 10.9 Å². The van der Waals surface area contributed by atoms with Crippen molar-refractivity contribution in [2.75, 3.05) is 5.75 Å². The van der Waals surface area contributed by atoms with Crippen LogP contribution in [0, 0.1) is 20.8 Å². The Morgan fingerprint density at radius 3 is 2.58 bits per heavy atom. The summed E-state index contributed by atoms with van der Waals surface area (Å²) in [4.78, 5) is 12.8. The summed E-state index contributed by atoms with van der Waals surface area (Å²) >= 11 is 1.49. The van der Waals surface area contributed by atoms with Gasteiger partial charge in [-0.05, 0) is 51.8 Å². The SMILES string of the molecule is Cc1cc(C(=O)CSc2nnc(C)n2C2CC2)c(C)n1-c1ccccc1. The second-order valence-electron chi connectivity index (χ2n) is 6.80. The predicted molar refractivity (Wildman–Crippen MR) is 103 cm³/mol. The minimum absolute atomic E-state index is 0.133. The first kappa shape index (κ1) is 17.1. The minimum Gasteiger partial charge on any atom is -0.318 e. The maximum absolute atomic E-state index is 12.8. The van der Waals surface area contributed by atoms with Gasteiger partial charge in [-0.3, -0.25) is 4.79 Å². The van der Waals surface area contributed by atoms with Gasteiger partial charge < -0.3 is 9.13 Å². The molecule has 0 atom stereocenters. The summed E-state index contributed by atoms with van der Waals surface area (Å²) in [6, 6.07) is 12.6. The van der Waals surface area contributed by atoms with Crippen molar-refractivity contribution in [2.24, 2.45) is 0 Å². The van der Waals surface area contributed by atoms with E-state index in [4.69, 9.17) is 0 Å². The normalized spacial score (nSPS) is 14.0. The molecule has 6 heteroatoms. The maximum Gasteiger partial charge on any atom is 0.191 e. The number of aromatic nitrogens is 4. The molecule has 1 fully saturated rings. The number of benzene rings is 1. The van der Waals surface area contributed by atoms with E-state index in [1.807, 2.05) is 45.0 Å². The number of ketones is 1. The van der Waals surface area contributed by atoms with Crippen molar-refractivity contribution in [2.45, 2.75) is 44.8 Å². The van der Waals surface area contributed by atoms with E-state index >= 15 is 0 Å². The van der Waals surface area contributed by atoms with Gasteiger partial charge in [0.1, 0.15) is 5.82 Å². The quantitative estimate of drug-likeness (QED) is 0.482. The van der Waals surface area contributed by atoms with Crippen LogP contribution in [0.3, 0.4) is 0 Å². The van der Waals surface area contributed by atoms with Crippen LogP contribution >= 0.6 is 11.8 Å². The highest BCUT2D eigenvalue weighted by Crippen LogP contribution is 2.38. The van der Waals surface area contributed by atoms with Crippen LogP contribution in [-0.4, -0.2) is 30.9 Å². The Balaban J connectivity index is 1.54. The third-order valence-corrected chi connectivity index (χ3v) is 5.77. The molecule has 0 saturated heterocycles. The van der Waals surface area contributed by atoms with Crippen LogP contribution < -0.4 is 0 Å². The smallest absolute Gasteiger partial charge is 0.191 e. The van der Waals surface area contributed by atoms with Gasteiger partial charge in [0, 0.05) is 28.7 Å². The Hall–Kier alpha value is -2.34. The van der Waals surface area contributed by atoms with Crippen LogP contribution in [-0.2, 0) is 0 Å². The first-order valence-electron chi connectivity index (χ1n) is 8.88. The Labute approximate surface area is 157 Å². The van der Waals surface area contributed by atoms with Crippen molar-refractivity contribution in [3.63, 3.8) is 0 Å². The molecule has 0 spiro atoms. The van der Waals surface area contributed by atoms with Crippen molar-refractivity contribution < 1.29 is 4.79 Å². The second kappa shape index (κ2) is 6.76. The first-order chi connectivity index (χ1) is 12.6. The molecule has 1 aromatic carbocycles. The molecule has 0 unspecified atom stereocenters. The number of carbonyl (C=O) groups is 1. The lowest BCUT2D eigenvalue weighted by atomic mass is 10.2. The molecule has 0 bridgehead atoms. The highest BCUT2D eigenvalue weighted by molar-refractivity contribution is 7.99. The zero-order valence-corrected chi connectivity index (χ0v) is 16.1. The molecular weight excluding hydrogens is 344 g/mol. The van der Waals surface area contributed by atoms with Gasteiger partial charge in [-0.15, -0.1) is 10.2 Å². The topological polar surface area (TPSA) is 52.7 Å². The minimum atomic E-state index is 0.133. The fourth-order valence-corrected chi connectivity index (χ4v) is 4.36. The molecule has 1 saturated carbocycles. The van der Waals surface area contributed by atoms with Crippen molar-refractivity contribution in [1.82, 2.24) is 19.3 Å². The molecule has 0 aliphatic heterocycles. The van der Waals surface area contributed by atoms with Crippen LogP contribution in [0.15, 0.2) is 41.6 Å². The Bertz CT molecular complexity index is 954. The molecular formula is C20H22N4OS. The Morgan fingerprint density at radius 1 is 1.15 bits per heavy atom. The summed E-state index contributed by atoms with van der Waals surface area (Å²) in [7, 11) is 0. The zero-order chi connectivity index (χ0) is 18.3. The third kappa shape index (κ3) is 3.09. The number of rotatable bonds is 6. The van der Waals surface area contributed by atoms with Gasteiger partial charge >= 0.3 is 0 Å². The van der Waals surface area contributed by atoms with Crippen LogP contribution in [0.25, 0.3) is 5.69 Å². The molecule has 0 radical (unpaired) electrons. The fraction of sp³-hybridized carbons (Fsp3) is 0.350. The summed E-state index contributed by atoms with van der Waals surface area (Å²) in [5, 5.41) is 9.29. The molecule has 1 aliphatic rings. The number of nitrogens with zero attached hydrogens (tertiary/aromatic N) is 4. The van der Waals surface area contributed by atoms with Gasteiger partial charge in [0.2, 0.25) is 0 Å². The standard InChI is InChI=1S/C20H22N4OS/c1-13-11-18(14(2)23(13)16-7-5-4-6-8-16)19(25)12-26-20-22-21-15(3)24(20)17-9-10-17/h4-8,11,17H,9-10,12H2,1-3H3. The molecule has 26 heavy (non-hydrogen) atoms. The summed E-state index contributed by atoms with van der Waals surface area (Å²) in [5.74, 6) is 1.45. The molecule has 134 valence electrons. The van der Waals surface area contributed by atoms with E-state index in [-0.39, 0.29) is 5.78 Å². The van der Waals surface area contributed by atoms with Crippen LogP contribution in [0.5, 0.6) is 0 Å². The Morgan fingerprint density at radius 2 is 1.88 bits per heavy atom. The lowest BCUT2D eigenvalue weighted by molar-refractivity contribution is 0.102. The maximum atomic E-state index is 12.8. The number of hydrogen-bond acceptors (Lipinski definition) is 4. The van der Waals surface area contributed by atoms with E-state index in [0.717, 1.165) is 33.6 Å². The number of carbonyl (C=O) groups excluding carboxylic acids is 1. The Kier molecular flexibility index (Phi) is 4.44. The summed E-state index contributed by atoms with van der Waals surface area (Å²) < 4.78 is 4.31. The average molecular weight is 366 g/mol. The van der Waals surface area contributed by atoms with Crippen LogP contribution in [0.1, 0.15) is 46.5 Å². The summed E-state index contributed by atoms with van der Waals surface area (Å²) in [5.41, 5.74) is 3.92. The second-order valence-corrected chi connectivity index (χ2v) is 7.74. The van der Waals surface area contributed by atoms with Crippen molar-refractivity contribution in [1.29, 1.82) is 0 Å². The van der Waals surface area contributed by atoms with Crippen molar-refractivity contribution in [3.8, 4) is 5.69 Å². The summed E-state index contributed by atoms with van der Waals surface area (Å²) in [6.45, 7) is 6.02. The lowest BCUT2D eigenvalue weighted by Gasteiger charge is -2.09. The van der Waals surface area contributed by atoms with Gasteiger partial charge in [0.25, 0.3) is 0 Å². The molecule has 0 N–H and O–H groups in total. The van der Waals surface area contributed by atoms with Crippen molar-refractivity contribution in [3.05, 3.63) is 59.2 Å². The number of hydrogen-bond donors (Lipinski definition) is 0. The molecule has 4 rings (SSSR count). The number of aryl methyl sites for hydroxylation is 2. The van der Waals surface area contributed by atoms with E-state index in [2.05, 4.69) is 31.5 Å². The van der Waals surface area contributed by atoms with E-state index in [1.165, 1.54) is 24.6 Å². The van der Waals surface area contributed by atoms with Gasteiger partial charge in [-0.2, -0.15) is 0 Å². The highest BCUT2D eigenvalue weighted by atomic mass is 32.2. The van der Waals surface area contributed by atoms with E-state index in [9.17, 15) is 4.79 Å². The zero-order valence-electron chi connectivity index (χ0n) is 15.3. The average Bonchev–Trinajstić information content (AvgIpc) is 3.34. The lowest BCUT2D eigenvalue weighted by Crippen LogP contribution is -2.07. The molecule has 1 aliphatic carbocycles. The first-order valence-corrected chi connectivity index (χ1v) is 9.86. The molecule has 0 amide bonds. The number of para-hydroxylation sites is 1. The molecule has 3 aromatic rings.